The molecule has 0 radical (unpaired) electrons. The lowest BCUT2D eigenvalue weighted by atomic mass is 10.0. The van der Waals surface area contributed by atoms with E-state index in [2.05, 4.69) is 14.9 Å². The molecule has 2 aliphatic heterocycles. The first kappa shape index (κ1) is 14.5. The number of aromatic amines is 1. The topological polar surface area (TPSA) is 70.7 Å². The van der Waals surface area contributed by atoms with Gasteiger partial charge in [-0.3, -0.25) is 9.69 Å². The Hall–Kier alpha value is -1.44. The normalized spacial score (nSPS) is 27.8. The highest BCUT2D eigenvalue weighted by molar-refractivity contribution is 5.85. The summed E-state index contributed by atoms with van der Waals surface area (Å²) in [6, 6.07) is 0. The summed E-state index contributed by atoms with van der Waals surface area (Å²) in [5.41, 5.74) is -0.776. The number of hydrogen-bond acceptors (Lipinski definition) is 5. The fraction of sp³-hybridized carbons (Fsp3) is 0.714. The van der Waals surface area contributed by atoms with Crippen molar-refractivity contribution in [2.75, 3.05) is 46.0 Å². The van der Waals surface area contributed by atoms with Crippen molar-refractivity contribution in [3.05, 3.63) is 18.2 Å². The molecule has 7 heteroatoms. The second-order valence-electron chi connectivity index (χ2n) is 5.73. The van der Waals surface area contributed by atoms with Crippen molar-refractivity contribution in [2.24, 2.45) is 0 Å². The molecule has 7 nitrogen and oxygen atoms in total. The van der Waals surface area contributed by atoms with Crippen molar-refractivity contribution in [3.63, 3.8) is 0 Å². The van der Waals surface area contributed by atoms with Gasteiger partial charge in [0.2, 0.25) is 0 Å². The number of nitrogens with one attached hydrogen (secondary N) is 1. The maximum Gasteiger partial charge on any atom is 0.256 e. The molecular formula is C14H22N4O3. The molecule has 2 saturated heterocycles. The summed E-state index contributed by atoms with van der Waals surface area (Å²) in [5.74, 6) is 0.980. The third kappa shape index (κ3) is 3.25. The number of nitrogens with zero attached hydrogens (tertiary/aromatic N) is 3. The van der Waals surface area contributed by atoms with E-state index in [9.17, 15) is 4.79 Å². The Bertz CT molecular complexity index is 473. The Morgan fingerprint density at radius 2 is 2.19 bits per heavy atom. The van der Waals surface area contributed by atoms with Gasteiger partial charge in [-0.1, -0.05) is 0 Å². The van der Waals surface area contributed by atoms with Gasteiger partial charge < -0.3 is 19.4 Å². The Morgan fingerprint density at radius 3 is 2.90 bits per heavy atom. The zero-order valence-electron chi connectivity index (χ0n) is 12.4. The zero-order valence-corrected chi connectivity index (χ0v) is 12.4. The lowest BCUT2D eigenvalue weighted by Crippen LogP contribution is -2.60. The molecule has 21 heavy (non-hydrogen) atoms. The van der Waals surface area contributed by atoms with Crippen LogP contribution in [-0.2, 0) is 20.8 Å². The van der Waals surface area contributed by atoms with Gasteiger partial charge in [-0.15, -0.1) is 0 Å². The molecule has 0 spiro atoms. The van der Waals surface area contributed by atoms with Gasteiger partial charge in [0.15, 0.2) is 5.60 Å². The number of aromatic nitrogens is 2. The van der Waals surface area contributed by atoms with Gasteiger partial charge in [-0.25, -0.2) is 4.98 Å². The summed E-state index contributed by atoms with van der Waals surface area (Å²) in [4.78, 5) is 24.1. The molecule has 2 fully saturated rings. The number of rotatable bonds is 3. The maximum absolute atomic E-state index is 12.7. The number of carbonyl (C=O) groups is 1. The van der Waals surface area contributed by atoms with Crippen LogP contribution in [0.4, 0.5) is 0 Å². The molecule has 0 aromatic carbocycles. The lowest BCUT2D eigenvalue weighted by Gasteiger charge is -2.42. The van der Waals surface area contributed by atoms with Gasteiger partial charge in [0, 0.05) is 38.6 Å². The van der Waals surface area contributed by atoms with Crippen LogP contribution >= 0.6 is 0 Å². The van der Waals surface area contributed by atoms with Gasteiger partial charge in [0.05, 0.1) is 26.4 Å². The van der Waals surface area contributed by atoms with Crippen LogP contribution in [0.3, 0.4) is 0 Å². The fourth-order valence-corrected chi connectivity index (χ4v) is 2.91. The van der Waals surface area contributed by atoms with Crippen molar-refractivity contribution >= 4 is 5.91 Å². The van der Waals surface area contributed by atoms with Crippen molar-refractivity contribution in [1.82, 2.24) is 19.8 Å². The first-order chi connectivity index (χ1) is 10.2. The minimum atomic E-state index is -0.776. The van der Waals surface area contributed by atoms with Gasteiger partial charge in [0.25, 0.3) is 5.91 Å². The van der Waals surface area contributed by atoms with E-state index in [4.69, 9.17) is 9.47 Å². The molecule has 3 heterocycles. The molecule has 2 aliphatic rings. The Labute approximate surface area is 124 Å². The summed E-state index contributed by atoms with van der Waals surface area (Å²) in [6.45, 7) is 7.08. The van der Waals surface area contributed by atoms with Crippen molar-refractivity contribution in [3.8, 4) is 0 Å². The van der Waals surface area contributed by atoms with Gasteiger partial charge in [0.1, 0.15) is 5.82 Å². The average molecular weight is 294 g/mol. The maximum atomic E-state index is 12.7. The number of carbonyl (C=O) groups excluding carboxylic acids is 1. The van der Waals surface area contributed by atoms with Gasteiger partial charge in [-0.05, 0) is 6.92 Å². The summed E-state index contributed by atoms with van der Waals surface area (Å²) < 4.78 is 11.1. The molecule has 0 bridgehead atoms. The van der Waals surface area contributed by atoms with E-state index in [-0.39, 0.29) is 5.91 Å². The monoisotopic (exact) mass is 294 g/mol. The Morgan fingerprint density at radius 1 is 1.38 bits per heavy atom. The highest BCUT2D eigenvalue weighted by Crippen LogP contribution is 2.22. The van der Waals surface area contributed by atoms with Crippen LogP contribution in [0, 0.1) is 0 Å². The van der Waals surface area contributed by atoms with E-state index in [0.29, 0.717) is 46.0 Å². The van der Waals surface area contributed by atoms with Crippen LogP contribution in [-0.4, -0.2) is 77.3 Å². The predicted octanol–water partition coefficient (Wildman–Crippen LogP) is -0.141. The van der Waals surface area contributed by atoms with E-state index in [1.807, 2.05) is 18.0 Å². The van der Waals surface area contributed by atoms with Crippen LogP contribution in [0.1, 0.15) is 12.7 Å². The molecule has 0 aliphatic carbocycles. The molecule has 0 unspecified atom stereocenters. The molecule has 1 aromatic rings. The smallest absolute Gasteiger partial charge is 0.256 e. The molecule has 1 N–H and O–H groups in total. The average Bonchev–Trinajstić information content (AvgIpc) is 3.00. The first-order valence-corrected chi connectivity index (χ1v) is 7.39. The largest absolute Gasteiger partial charge is 0.378 e. The summed E-state index contributed by atoms with van der Waals surface area (Å²) >= 11 is 0. The number of ether oxygens (including phenoxy) is 2. The molecule has 3 rings (SSSR count). The van der Waals surface area contributed by atoms with E-state index < -0.39 is 5.60 Å². The third-order valence-corrected chi connectivity index (χ3v) is 4.03. The van der Waals surface area contributed by atoms with Crippen LogP contribution in [0.2, 0.25) is 0 Å². The SMILES string of the molecule is C[C@@]1(C(=O)N2CCOCC2)CN(Cc2ncc[nH]2)CCO1. The van der Waals surface area contributed by atoms with E-state index >= 15 is 0 Å². The second kappa shape index (κ2) is 6.13. The first-order valence-electron chi connectivity index (χ1n) is 7.39. The van der Waals surface area contributed by atoms with Crippen LogP contribution in [0.25, 0.3) is 0 Å². The number of amides is 1. The summed E-state index contributed by atoms with van der Waals surface area (Å²) in [7, 11) is 0. The predicted molar refractivity (Wildman–Crippen MR) is 75.6 cm³/mol. The molecule has 1 atom stereocenters. The van der Waals surface area contributed by atoms with Crippen molar-refractivity contribution in [1.29, 1.82) is 0 Å². The Kier molecular flexibility index (Phi) is 4.23. The van der Waals surface area contributed by atoms with Crippen LogP contribution in [0.15, 0.2) is 12.4 Å². The summed E-state index contributed by atoms with van der Waals surface area (Å²) in [5, 5.41) is 0. The fourth-order valence-electron chi connectivity index (χ4n) is 2.91. The number of H-pyrrole nitrogens is 1. The standard InChI is InChI=1S/C14H22N4O3/c1-14(13(19)18-5-7-20-8-6-18)11-17(4-9-21-14)10-12-15-2-3-16-12/h2-3H,4-11H2,1H3,(H,15,16)/t14-/m0/s1. The van der Waals surface area contributed by atoms with Crippen molar-refractivity contribution < 1.29 is 14.3 Å². The molecule has 0 saturated carbocycles. The second-order valence-corrected chi connectivity index (χ2v) is 5.73. The highest BCUT2D eigenvalue weighted by Gasteiger charge is 2.42. The van der Waals surface area contributed by atoms with E-state index in [0.717, 1.165) is 12.4 Å². The highest BCUT2D eigenvalue weighted by atomic mass is 16.5. The summed E-state index contributed by atoms with van der Waals surface area (Å²) in [6.07, 6.45) is 3.56. The number of hydrogen-bond donors (Lipinski definition) is 1. The number of morpholine rings is 2. The van der Waals surface area contributed by atoms with E-state index in [1.165, 1.54) is 0 Å². The van der Waals surface area contributed by atoms with Crippen LogP contribution < -0.4 is 0 Å². The zero-order chi connectivity index (χ0) is 14.7. The van der Waals surface area contributed by atoms with Gasteiger partial charge in [-0.2, -0.15) is 0 Å². The van der Waals surface area contributed by atoms with Crippen LogP contribution in [0.5, 0.6) is 0 Å². The van der Waals surface area contributed by atoms with E-state index in [1.54, 1.807) is 6.20 Å². The third-order valence-electron chi connectivity index (χ3n) is 4.03. The molecular weight excluding hydrogens is 272 g/mol. The lowest BCUT2D eigenvalue weighted by molar-refractivity contribution is -0.171. The minimum Gasteiger partial charge on any atom is -0.378 e. The molecule has 1 amide bonds. The Balaban J connectivity index is 1.64. The van der Waals surface area contributed by atoms with Gasteiger partial charge >= 0.3 is 0 Å². The number of imidazole rings is 1. The van der Waals surface area contributed by atoms with Crippen molar-refractivity contribution in [2.45, 2.75) is 19.1 Å². The minimum absolute atomic E-state index is 0.0648. The molecule has 116 valence electrons. The quantitative estimate of drug-likeness (QED) is 0.840. The molecule has 1 aromatic heterocycles.